The first-order valence-corrected chi connectivity index (χ1v) is 10.5. The van der Waals surface area contributed by atoms with Gasteiger partial charge >= 0.3 is 0 Å². The standard InChI is InChI=1S/C23H28FN3O3/c1-29-22-7-4-17(12-20(22)24)15-25-18-5-6-21(27-8-10-30-11-9-27)19(13-18)23(28)26-14-16-2-3-16/h4-7,12-13,16,25H,2-3,8-11,14-15H2,1H3,(H,26,28). The molecule has 0 aromatic heterocycles. The molecule has 4 rings (SSSR count). The first kappa shape index (κ1) is 20.5. The van der Waals surface area contributed by atoms with Gasteiger partial charge < -0.3 is 25.0 Å². The first-order chi connectivity index (χ1) is 14.6. The molecule has 2 aromatic rings. The summed E-state index contributed by atoms with van der Waals surface area (Å²) in [6, 6.07) is 10.7. The molecular weight excluding hydrogens is 385 g/mol. The van der Waals surface area contributed by atoms with E-state index >= 15 is 0 Å². The number of benzene rings is 2. The number of rotatable bonds is 8. The number of amides is 1. The third kappa shape index (κ3) is 5.02. The molecule has 1 amide bonds. The van der Waals surface area contributed by atoms with Crippen LogP contribution in [0.25, 0.3) is 0 Å². The molecule has 2 fully saturated rings. The van der Waals surface area contributed by atoms with Gasteiger partial charge in [0.2, 0.25) is 0 Å². The van der Waals surface area contributed by atoms with Crippen LogP contribution in [-0.4, -0.2) is 45.9 Å². The van der Waals surface area contributed by atoms with Crippen molar-refractivity contribution in [2.45, 2.75) is 19.4 Å². The van der Waals surface area contributed by atoms with E-state index in [1.54, 1.807) is 6.07 Å². The minimum Gasteiger partial charge on any atom is -0.494 e. The fourth-order valence-corrected chi connectivity index (χ4v) is 3.59. The Kier molecular flexibility index (Phi) is 6.38. The van der Waals surface area contributed by atoms with Gasteiger partial charge in [0.1, 0.15) is 0 Å². The Morgan fingerprint density at radius 3 is 2.70 bits per heavy atom. The van der Waals surface area contributed by atoms with Crippen LogP contribution in [-0.2, 0) is 11.3 Å². The van der Waals surface area contributed by atoms with Crippen LogP contribution >= 0.6 is 0 Å². The summed E-state index contributed by atoms with van der Waals surface area (Å²) in [6.07, 6.45) is 2.38. The van der Waals surface area contributed by atoms with E-state index in [0.717, 1.165) is 36.6 Å². The molecule has 2 N–H and O–H groups in total. The van der Waals surface area contributed by atoms with Gasteiger partial charge in [-0.05, 0) is 54.7 Å². The molecule has 0 unspecified atom stereocenters. The van der Waals surface area contributed by atoms with Gasteiger partial charge in [-0.2, -0.15) is 0 Å². The lowest BCUT2D eigenvalue weighted by Crippen LogP contribution is -2.38. The van der Waals surface area contributed by atoms with Crippen molar-refractivity contribution in [1.29, 1.82) is 0 Å². The van der Waals surface area contributed by atoms with Crippen molar-refractivity contribution in [3.05, 3.63) is 53.3 Å². The maximum atomic E-state index is 13.9. The smallest absolute Gasteiger partial charge is 0.253 e. The molecule has 7 heteroatoms. The third-order valence-corrected chi connectivity index (χ3v) is 5.55. The van der Waals surface area contributed by atoms with Crippen molar-refractivity contribution in [3.63, 3.8) is 0 Å². The van der Waals surface area contributed by atoms with Crippen molar-refractivity contribution in [1.82, 2.24) is 5.32 Å². The Balaban J connectivity index is 1.50. The van der Waals surface area contributed by atoms with E-state index in [2.05, 4.69) is 15.5 Å². The van der Waals surface area contributed by atoms with Crippen LogP contribution in [0.3, 0.4) is 0 Å². The molecule has 1 saturated heterocycles. The molecule has 1 aliphatic heterocycles. The predicted molar refractivity (Wildman–Crippen MR) is 115 cm³/mol. The summed E-state index contributed by atoms with van der Waals surface area (Å²) < 4.78 is 24.4. The Bertz CT molecular complexity index is 895. The van der Waals surface area contributed by atoms with Crippen LogP contribution in [0.4, 0.5) is 15.8 Å². The maximum absolute atomic E-state index is 13.9. The zero-order chi connectivity index (χ0) is 20.9. The molecule has 2 aromatic carbocycles. The molecule has 0 spiro atoms. The average Bonchev–Trinajstić information content (AvgIpc) is 3.61. The average molecular weight is 413 g/mol. The van der Waals surface area contributed by atoms with Crippen LogP contribution < -0.4 is 20.3 Å². The second-order valence-electron chi connectivity index (χ2n) is 7.81. The summed E-state index contributed by atoms with van der Waals surface area (Å²) in [5.74, 6) is 0.400. The predicted octanol–water partition coefficient (Wildman–Crippen LogP) is 3.42. The number of hydrogen-bond donors (Lipinski definition) is 2. The summed E-state index contributed by atoms with van der Waals surface area (Å²) in [7, 11) is 1.45. The monoisotopic (exact) mass is 413 g/mol. The maximum Gasteiger partial charge on any atom is 0.253 e. The highest BCUT2D eigenvalue weighted by molar-refractivity contribution is 6.00. The second kappa shape index (κ2) is 9.34. The number of carbonyl (C=O) groups is 1. The lowest BCUT2D eigenvalue weighted by atomic mass is 10.1. The number of nitrogens with one attached hydrogen (secondary N) is 2. The molecule has 0 radical (unpaired) electrons. The highest BCUT2D eigenvalue weighted by Gasteiger charge is 2.24. The highest BCUT2D eigenvalue weighted by Crippen LogP contribution is 2.29. The third-order valence-electron chi connectivity index (χ3n) is 5.55. The molecule has 0 bridgehead atoms. The number of hydrogen-bond acceptors (Lipinski definition) is 5. The topological polar surface area (TPSA) is 62.8 Å². The van der Waals surface area contributed by atoms with Gasteiger partial charge in [-0.25, -0.2) is 4.39 Å². The molecule has 0 atom stereocenters. The molecule has 1 heterocycles. The second-order valence-corrected chi connectivity index (χ2v) is 7.81. The van der Waals surface area contributed by atoms with E-state index < -0.39 is 0 Å². The van der Waals surface area contributed by atoms with Crippen molar-refractivity contribution >= 4 is 17.3 Å². The van der Waals surface area contributed by atoms with Crippen LogP contribution in [0.15, 0.2) is 36.4 Å². The first-order valence-electron chi connectivity index (χ1n) is 10.5. The van der Waals surface area contributed by atoms with E-state index in [1.165, 1.54) is 26.0 Å². The minimum absolute atomic E-state index is 0.0532. The summed E-state index contributed by atoms with van der Waals surface area (Å²) in [6.45, 7) is 4.02. The summed E-state index contributed by atoms with van der Waals surface area (Å²) in [5, 5.41) is 6.37. The Hall–Kier alpha value is -2.80. The van der Waals surface area contributed by atoms with E-state index in [0.29, 0.717) is 31.2 Å². The van der Waals surface area contributed by atoms with E-state index in [1.807, 2.05) is 24.3 Å². The minimum atomic E-state index is -0.389. The number of morpholine rings is 1. The SMILES string of the molecule is COc1ccc(CNc2ccc(N3CCOCC3)c(C(=O)NCC3CC3)c2)cc1F. The van der Waals surface area contributed by atoms with Crippen LogP contribution in [0.1, 0.15) is 28.8 Å². The van der Waals surface area contributed by atoms with E-state index in [9.17, 15) is 9.18 Å². The van der Waals surface area contributed by atoms with Crippen molar-refractivity contribution in [2.75, 3.05) is 50.2 Å². The van der Waals surface area contributed by atoms with Crippen molar-refractivity contribution in [2.24, 2.45) is 5.92 Å². The van der Waals surface area contributed by atoms with Crippen molar-refractivity contribution in [3.8, 4) is 5.75 Å². The number of halogens is 1. The van der Waals surface area contributed by atoms with E-state index in [-0.39, 0.29) is 17.5 Å². The Labute approximate surface area is 176 Å². The van der Waals surface area contributed by atoms with Crippen LogP contribution in [0.2, 0.25) is 0 Å². The summed E-state index contributed by atoms with van der Waals surface area (Å²) in [4.78, 5) is 15.1. The molecule has 6 nitrogen and oxygen atoms in total. The zero-order valence-corrected chi connectivity index (χ0v) is 17.2. The van der Waals surface area contributed by atoms with Gasteiger partial charge in [0, 0.05) is 37.6 Å². The molecule has 2 aliphatic rings. The molecule has 30 heavy (non-hydrogen) atoms. The van der Waals surface area contributed by atoms with Gasteiger partial charge in [0.25, 0.3) is 5.91 Å². The van der Waals surface area contributed by atoms with Crippen molar-refractivity contribution < 1.29 is 18.7 Å². The normalized spacial score (nSPS) is 16.3. The van der Waals surface area contributed by atoms with Gasteiger partial charge in [0.15, 0.2) is 11.6 Å². The summed E-state index contributed by atoms with van der Waals surface area (Å²) >= 11 is 0. The fraction of sp³-hybridized carbons (Fsp3) is 0.435. The zero-order valence-electron chi connectivity index (χ0n) is 17.2. The number of carbonyl (C=O) groups excluding carboxylic acids is 1. The molecule has 160 valence electrons. The lowest BCUT2D eigenvalue weighted by molar-refractivity contribution is 0.0950. The molecule has 1 saturated carbocycles. The van der Waals surface area contributed by atoms with Crippen LogP contribution in [0.5, 0.6) is 5.75 Å². The number of methoxy groups -OCH3 is 1. The van der Waals surface area contributed by atoms with E-state index in [4.69, 9.17) is 9.47 Å². The van der Waals surface area contributed by atoms with Gasteiger partial charge in [-0.1, -0.05) is 6.07 Å². The lowest BCUT2D eigenvalue weighted by Gasteiger charge is -2.30. The van der Waals surface area contributed by atoms with Crippen LogP contribution in [0, 0.1) is 11.7 Å². The van der Waals surface area contributed by atoms with Gasteiger partial charge in [-0.3, -0.25) is 4.79 Å². The van der Waals surface area contributed by atoms with Gasteiger partial charge in [-0.15, -0.1) is 0 Å². The Morgan fingerprint density at radius 2 is 2.00 bits per heavy atom. The Morgan fingerprint density at radius 1 is 1.20 bits per heavy atom. The number of nitrogens with zero attached hydrogens (tertiary/aromatic N) is 1. The molecular formula is C23H28FN3O3. The largest absolute Gasteiger partial charge is 0.494 e. The fourth-order valence-electron chi connectivity index (χ4n) is 3.59. The number of anilines is 2. The summed E-state index contributed by atoms with van der Waals surface area (Å²) in [5.41, 5.74) is 3.20. The molecule has 1 aliphatic carbocycles. The van der Waals surface area contributed by atoms with Gasteiger partial charge in [0.05, 0.1) is 25.9 Å². The number of ether oxygens (including phenoxy) is 2. The quantitative estimate of drug-likeness (QED) is 0.694. The highest BCUT2D eigenvalue weighted by atomic mass is 19.1.